The molecule has 0 fully saturated rings. The van der Waals surface area contributed by atoms with Gasteiger partial charge in [0.25, 0.3) is 0 Å². The van der Waals surface area contributed by atoms with Gasteiger partial charge < -0.3 is 25.3 Å². The van der Waals surface area contributed by atoms with E-state index in [0.717, 1.165) is 18.0 Å². The number of oxime groups is 1. The predicted octanol–water partition coefficient (Wildman–Crippen LogP) is 1.53. The Morgan fingerprint density at radius 2 is 1.90 bits per heavy atom. The van der Waals surface area contributed by atoms with Crippen LogP contribution in [-0.4, -0.2) is 49.3 Å². The van der Waals surface area contributed by atoms with E-state index in [2.05, 4.69) is 10.1 Å². The van der Waals surface area contributed by atoms with Crippen molar-refractivity contribution in [2.45, 2.75) is 13.3 Å². The summed E-state index contributed by atoms with van der Waals surface area (Å²) in [6.07, 6.45) is 0.530. The van der Waals surface area contributed by atoms with Gasteiger partial charge >= 0.3 is 0 Å². The molecule has 0 atom stereocenters. The Morgan fingerprint density at radius 1 is 1.25 bits per heavy atom. The average Bonchev–Trinajstić information content (AvgIpc) is 2.46. The summed E-state index contributed by atoms with van der Waals surface area (Å²) < 4.78 is 11.2. The second kappa shape index (κ2) is 9.03. The first-order chi connectivity index (χ1) is 9.67. The SMILES string of the molecule is CCOc1ccccc1OCCN(C)CCC(N)=NO. The van der Waals surface area contributed by atoms with Crippen LogP contribution in [0.3, 0.4) is 0 Å². The molecule has 1 aromatic carbocycles. The van der Waals surface area contributed by atoms with Gasteiger partial charge in [0.2, 0.25) is 0 Å². The van der Waals surface area contributed by atoms with Crippen molar-refractivity contribution in [3.63, 3.8) is 0 Å². The summed E-state index contributed by atoms with van der Waals surface area (Å²) in [5.41, 5.74) is 5.42. The molecule has 1 aromatic rings. The van der Waals surface area contributed by atoms with Crippen molar-refractivity contribution in [3.8, 4) is 11.5 Å². The van der Waals surface area contributed by atoms with Crippen LogP contribution in [0.5, 0.6) is 11.5 Å². The van der Waals surface area contributed by atoms with E-state index < -0.39 is 0 Å². The van der Waals surface area contributed by atoms with E-state index in [1.54, 1.807) is 0 Å². The van der Waals surface area contributed by atoms with E-state index in [0.29, 0.717) is 26.2 Å². The summed E-state index contributed by atoms with van der Waals surface area (Å²) in [5.74, 6) is 1.74. The molecule has 0 saturated heterocycles. The molecule has 6 heteroatoms. The minimum atomic E-state index is 0.236. The third-order valence-corrected chi connectivity index (χ3v) is 2.76. The predicted molar refractivity (Wildman–Crippen MR) is 78.6 cm³/mol. The van der Waals surface area contributed by atoms with Crippen molar-refractivity contribution in [1.82, 2.24) is 4.90 Å². The van der Waals surface area contributed by atoms with Crippen LogP contribution >= 0.6 is 0 Å². The maximum Gasteiger partial charge on any atom is 0.161 e. The van der Waals surface area contributed by atoms with Crippen LogP contribution in [0.25, 0.3) is 0 Å². The molecule has 0 aliphatic rings. The molecule has 0 bridgehead atoms. The summed E-state index contributed by atoms with van der Waals surface area (Å²) in [7, 11) is 1.96. The number of rotatable bonds is 9. The monoisotopic (exact) mass is 281 g/mol. The molecule has 20 heavy (non-hydrogen) atoms. The second-order valence-corrected chi connectivity index (χ2v) is 4.37. The molecule has 6 nitrogen and oxygen atoms in total. The molecule has 112 valence electrons. The van der Waals surface area contributed by atoms with Crippen molar-refractivity contribution < 1.29 is 14.7 Å². The minimum absolute atomic E-state index is 0.236. The standard InChI is InChI=1S/C14H23N3O3/c1-3-19-12-6-4-5-7-13(12)20-11-10-17(2)9-8-14(15)16-18/h4-7,18H,3,8-11H2,1-2H3,(H2,15,16). The van der Waals surface area contributed by atoms with Gasteiger partial charge in [-0.25, -0.2) is 0 Å². The van der Waals surface area contributed by atoms with E-state index in [4.69, 9.17) is 20.4 Å². The van der Waals surface area contributed by atoms with Crippen LogP contribution in [0.4, 0.5) is 0 Å². The number of likely N-dealkylation sites (N-methyl/N-ethyl adjacent to an activating group) is 1. The van der Waals surface area contributed by atoms with Gasteiger partial charge in [0.1, 0.15) is 12.4 Å². The highest BCUT2D eigenvalue weighted by atomic mass is 16.5. The van der Waals surface area contributed by atoms with Crippen LogP contribution in [0.1, 0.15) is 13.3 Å². The molecule has 0 heterocycles. The van der Waals surface area contributed by atoms with Gasteiger partial charge in [-0.05, 0) is 26.1 Å². The van der Waals surface area contributed by atoms with Gasteiger partial charge in [-0.1, -0.05) is 17.3 Å². The molecule has 0 saturated carbocycles. The number of ether oxygens (including phenoxy) is 2. The zero-order valence-electron chi connectivity index (χ0n) is 12.1. The maximum absolute atomic E-state index is 8.46. The molecule has 1 rings (SSSR count). The quantitative estimate of drug-likeness (QED) is 0.310. The van der Waals surface area contributed by atoms with E-state index in [-0.39, 0.29) is 5.84 Å². The fraction of sp³-hybridized carbons (Fsp3) is 0.500. The Hall–Kier alpha value is -1.95. The van der Waals surface area contributed by atoms with Crippen molar-refractivity contribution in [1.29, 1.82) is 0 Å². The van der Waals surface area contributed by atoms with Crippen LogP contribution in [0.15, 0.2) is 29.4 Å². The zero-order valence-corrected chi connectivity index (χ0v) is 12.1. The molecule has 0 aliphatic heterocycles. The topological polar surface area (TPSA) is 80.3 Å². The number of hydrogen-bond donors (Lipinski definition) is 2. The van der Waals surface area contributed by atoms with Gasteiger partial charge in [0.05, 0.1) is 6.61 Å². The van der Waals surface area contributed by atoms with Crippen molar-refractivity contribution in [3.05, 3.63) is 24.3 Å². The molecule has 0 amide bonds. The third kappa shape index (κ3) is 5.79. The second-order valence-electron chi connectivity index (χ2n) is 4.37. The van der Waals surface area contributed by atoms with Crippen molar-refractivity contribution in [2.75, 3.05) is 33.4 Å². The summed E-state index contributed by atoms with van der Waals surface area (Å²) in [6.45, 7) is 4.57. The largest absolute Gasteiger partial charge is 0.490 e. The highest BCUT2D eigenvalue weighted by Gasteiger charge is 2.05. The van der Waals surface area contributed by atoms with Crippen molar-refractivity contribution >= 4 is 5.84 Å². The third-order valence-electron chi connectivity index (χ3n) is 2.76. The number of nitrogens with zero attached hydrogens (tertiary/aromatic N) is 2. The fourth-order valence-electron chi connectivity index (χ4n) is 1.62. The molecule has 3 N–H and O–H groups in total. The normalized spacial score (nSPS) is 11.7. The van der Waals surface area contributed by atoms with Crippen LogP contribution in [-0.2, 0) is 0 Å². The lowest BCUT2D eigenvalue weighted by Gasteiger charge is -2.17. The average molecular weight is 281 g/mol. The fourth-order valence-corrected chi connectivity index (χ4v) is 1.62. The molecule has 0 aromatic heterocycles. The summed E-state index contributed by atoms with van der Waals surface area (Å²) >= 11 is 0. The first-order valence-electron chi connectivity index (χ1n) is 6.67. The Morgan fingerprint density at radius 3 is 2.50 bits per heavy atom. The molecule has 0 spiro atoms. The Bertz CT molecular complexity index is 424. The molecule has 0 aliphatic carbocycles. The lowest BCUT2D eigenvalue weighted by atomic mass is 10.3. The number of benzene rings is 1. The molecular weight excluding hydrogens is 258 g/mol. The van der Waals surface area contributed by atoms with Gasteiger partial charge in [0, 0.05) is 19.5 Å². The lowest BCUT2D eigenvalue weighted by Crippen LogP contribution is -2.28. The molecule has 0 unspecified atom stereocenters. The Labute approximate surface area is 119 Å². The van der Waals surface area contributed by atoms with Crippen LogP contribution in [0, 0.1) is 0 Å². The Kier molecular flexibility index (Phi) is 7.27. The first kappa shape index (κ1) is 16.1. The number of hydrogen-bond acceptors (Lipinski definition) is 5. The lowest BCUT2D eigenvalue weighted by molar-refractivity contribution is 0.228. The smallest absolute Gasteiger partial charge is 0.161 e. The highest BCUT2D eigenvalue weighted by molar-refractivity contribution is 5.79. The van der Waals surface area contributed by atoms with Gasteiger partial charge in [0.15, 0.2) is 11.5 Å². The zero-order chi connectivity index (χ0) is 14.8. The van der Waals surface area contributed by atoms with Gasteiger partial charge in [-0.2, -0.15) is 0 Å². The van der Waals surface area contributed by atoms with Crippen LogP contribution < -0.4 is 15.2 Å². The first-order valence-corrected chi connectivity index (χ1v) is 6.67. The molecular formula is C14H23N3O3. The highest BCUT2D eigenvalue weighted by Crippen LogP contribution is 2.26. The Balaban J connectivity index is 2.33. The van der Waals surface area contributed by atoms with Gasteiger partial charge in [-0.15, -0.1) is 0 Å². The van der Waals surface area contributed by atoms with E-state index in [1.165, 1.54) is 0 Å². The summed E-state index contributed by atoms with van der Waals surface area (Å²) in [4.78, 5) is 2.06. The summed E-state index contributed by atoms with van der Waals surface area (Å²) in [5, 5.41) is 11.4. The van der Waals surface area contributed by atoms with E-state index in [1.807, 2.05) is 38.2 Å². The number of para-hydroxylation sites is 2. The molecule has 0 radical (unpaired) electrons. The van der Waals surface area contributed by atoms with E-state index >= 15 is 0 Å². The minimum Gasteiger partial charge on any atom is -0.490 e. The van der Waals surface area contributed by atoms with Crippen molar-refractivity contribution in [2.24, 2.45) is 10.9 Å². The summed E-state index contributed by atoms with van der Waals surface area (Å²) in [6, 6.07) is 7.61. The number of amidine groups is 1. The number of nitrogens with two attached hydrogens (primary N) is 1. The van der Waals surface area contributed by atoms with Gasteiger partial charge in [-0.3, -0.25) is 0 Å². The van der Waals surface area contributed by atoms with Crippen LogP contribution in [0.2, 0.25) is 0 Å². The maximum atomic E-state index is 8.46. The van der Waals surface area contributed by atoms with E-state index in [9.17, 15) is 0 Å².